The summed E-state index contributed by atoms with van der Waals surface area (Å²) in [6, 6.07) is 0. The largest absolute Gasteiger partial charge is 0.371 e. The molecule has 2 heteroatoms. The van der Waals surface area contributed by atoms with Crippen LogP contribution in [0, 0.1) is 0 Å². The van der Waals surface area contributed by atoms with Crippen LogP contribution in [-0.2, 0) is 4.74 Å². The van der Waals surface area contributed by atoms with Crippen LogP contribution < -0.4 is 0 Å². The van der Waals surface area contributed by atoms with Crippen molar-refractivity contribution in [2.75, 3.05) is 6.61 Å². The highest BCUT2D eigenvalue weighted by molar-refractivity contribution is 14.1. The molecule has 0 spiro atoms. The molecular formula is C10H17IO. The van der Waals surface area contributed by atoms with E-state index >= 15 is 0 Å². The van der Waals surface area contributed by atoms with Crippen molar-refractivity contribution in [3.63, 3.8) is 0 Å². The molecule has 0 unspecified atom stereocenters. The van der Waals surface area contributed by atoms with Crippen LogP contribution >= 0.6 is 22.6 Å². The van der Waals surface area contributed by atoms with Crippen molar-refractivity contribution in [2.45, 2.75) is 32.8 Å². The van der Waals surface area contributed by atoms with Crippen molar-refractivity contribution < 1.29 is 4.74 Å². The van der Waals surface area contributed by atoms with Gasteiger partial charge in [0, 0.05) is 0 Å². The van der Waals surface area contributed by atoms with Gasteiger partial charge in [0.25, 0.3) is 0 Å². The van der Waals surface area contributed by atoms with Gasteiger partial charge < -0.3 is 4.74 Å². The Morgan fingerprint density at radius 2 is 2.08 bits per heavy atom. The Kier molecular flexibility index (Phi) is 5.84. The van der Waals surface area contributed by atoms with E-state index in [0.717, 1.165) is 6.42 Å². The lowest BCUT2D eigenvalue weighted by Crippen LogP contribution is -2.20. The molecule has 0 bridgehead atoms. The first-order valence-electron chi connectivity index (χ1n) is 4.02. The highest BCUT2D eigenvalue weighted by atomic mass is 127. The van der Waals surface area contributed by atoms with E-state index in [-0.39, 0.29) is 5.60 Å². The Bertz CT molecular complexity index is 165. The van der Waals surface area contributed by atoms with Crippen LogP contribution in [0.25, 0.3) is 0 Å². The van der Waals surface area contributed by atoms with E-state index < -0.39 is 0 Å². The highest BCUT2D eigenvalue weighted by Gasteiger charge is 2.10. The summed E-state index contributed by atoms with van der Waals surface area (Å²) in [5.41, 5.74) is 1.23. The fourth-order valence-electron chi connectivity index (χ4n) is 0.630. The van der Waals surface area contributed by atoms with Crippen molar-refractivity contribution in [2.24, 2.45) is 0 Å². The number of rotatable bonds is 4. The van der Waals surface area contributed by atoms with Crippen LogP contribution in [0.1, 0.15) is 27.2 Å². The van der Waals surface area contributed by atoms with E-state index in [1.54, 1.807) is 0 Å². The minimum atomic E-state index is -0.0495. The number of ether oxygens (including phenoxy) is 1. The van der Waals surface area contributed by atoms with Crippen LogP contribution in [0.5, 0.6) is 0 Å². The fourth-order valence-corrected chi connectivity index (χ4v) is 1.06. The maximum atomic E-state index is 5.61. The maximum Gasteiger partial charge on any atom is 0.0694 e. The summed E-state index contributed by atoms with van der Waals surface area (Å²) in [7, 11) is 0. The van der Waals surface area contributed by atoms with Gasteiger partial charge in [-0.1, -0.05) is 28.7 Å². The minimum absolute atomic E-state index is 0.0495. The second kappa shape index (κ2) is 5.75. The van der Waals surface area contributed by atoms with E-state index in [0.29, 0.717) is 6.61 Å². The van der Waals surface area contributed by atoms with Crippen LogP contribution in [0.3, 0.4) is 0 Å². The van der Waals surface area contributed by atoms with Gasteiger partial charge in [-0.3, -0.25) is 0 Å². The summed E-state index contributed by atoms with van der Waals surface area (Å²) in [6.07, 6.45) is 2.82. The third kappa shape index (κ3) is 6.85. The first-order valence-corrected chi connectivity index (χ1v) is 5.27. The second-order valence-electron chi connectivity index (χ2n) is 3.66. The Balaban J connectivity index is 3.82. The summed E-state index contributed by atoms with van der Waals surface area (Å²) in [5, 5.41) is 0. The second-order valence-corrected chi connectivity index (χ2v) is 4.28. The quantitative estimate of drug-likeness (QED) is 0.563. The Morgan fingerprint density at radius 1 is 1.50 bits per heavy atom. The predicted molar refractivity (Wildman–Crippen MR) is 62.6 cm³/mol. The molecule has 0 N–H and O–H groups in total. The summed E-state index contributed by atoms with van der Waals surface area (Å²) in [5.74, 6) is 0. The Morgan fingerprint density at radius 3 is 2.42 bits per heavy atom. The third-order valence-corrected chi connectivity index (χ3v) is 2.13. The standard InChI is InChI=1S/C10H17IO/c1-5-6-9(7-11)8-12-10(2,3)4/h5,7H,1,6,8H2,2-4H3/b9-7-. The maximum absolute atomic E-state index is 5.61. The van der Waals surface area contributed by atoms with Gasteiger partial charge in [0.1, 0.15) is 0 Å². The Hall–Kier alpha value is 0.170. The van der Waals surface area contributed by atoms with Gasteiger partial charge in [-0.25, -0.2) is 0 Å². The molecule has 0 saturated heterocycles. The van der Waals surface area contributed by atoms with E-state index in [9.17, 15) is 0 Å². The van der Waals surface area contributed by atoms with Gasteiger partial charge in [-0.05, 0) is 36.8 Å². The molecule has 0 amide bonds. The molecule has 0 radical (unpaired) electrons. The average Bonchev–Trinajstić information content (AvgIpc) is 1.96. The van der Waals surface area contributed by atoms with Gasteiger partial charge in [-0.15, -0.1) is 6.58 Å². The SMILES string of the molecule is C=CC/C(=C/I)COC(C)(C)C. The lowest BCUT2D eigenvalue weighted by Gasteiger charge is -2.20. The van der Waals surface area contributed by atoms with Crippen LogP contribution in [-0.4, -0.2) is 12.2 Å². The lowest BCUT2D eigenvalue weighted by atomic mass is 10.2. The first kappa shape index (κ1) is 12.2. The molecule has 0 heterocycles. The van der Waals surface area contributed by atoms with Gasteiger partial charge in [0.2, 0.25) is 0 Å². The minimum Gasteiger partial charge on any atom is -0.371 e. The summed E-state index contributed by atoms with van der Waals surface area (Å²) < 4.78 is 7.67. The normalized spacial score (nSPS) is 13.2. The molecule has 70 valence electrons. The van der Waals surface area contributed by atoms with Crippen molar-refractivity contribution in [3.05, 3.63) is 22.3 Å². The van der Waals surface area contributed by atoms with Crippen molar-refractivity contribution in [3.8, 4) is 0 Å². The molecule has 12 heavy (non-hydrogen) atoms. The van der Waals surface area contributed by atoms with E-state index in [1.807, 2.05) is 6.08 Å². The van der Waals surface area contributed by atoms with E-state index in [1.165, 1.54) is 5.57 Å². The molecule has 1 nitrogen and oxygen atoms in total. The average molecular weight is 280 g/mol. The molecule has 0 atom stereocenters. The molecule has 0 aliphatic carbocycles. The molecule has 0 aromatic carbocycles. The zero-order chi connectivity index (χ0) is 9.61. The molecule has 0 fully saturated rings. The highest BCUT2D eigenvalue weighted by Crippen LogP contribution is 2.12. The summed E-state index contributed by atoms with van der Waals surface area (Å²) >= 11 is 2.23. The van der Waals surface area contributed by atoms with Gasteiger partial charge >= 0.3 is 0 Å². The summed E-state index contributed by atoms with van der Waals surface area (Å²) in [6.45, 7) is 10.6. The van der Waals surface area contributed by atoms with Gasteiger partial charge in [0.05, 0.1) is 12.2 Å². The summed E-state index contributed by atoms with van der Waals surface area (Å²) in [4.78, 5) is 0. The first-order chi connectivity index (χ1) is 5.49. The van der Waals surface area contributed by atoms with Crippen LogP contribution in [0.15, 0.2) is 22.3 Å². The van der Waals surface area contributed by atoms with Gasteiger partial charge in [-0.2, -0.15) is 0 Å². The van der Waals surface area contributed by atoms with E-state index in [4.69, 9.17) is 4.74 Å². The molecule has 0 saturated carbocycles. The Labute approximate surface area is 89.0 Å². The molecule has 0 aliphatic rings. The lowest BCUT2D eigenvalue weighted by molar-refractivity contribution is 0.0107. The molecule has 0 aliphatic heterocycles. The van der Waals surface area contributed by atoms with Crippen LogP contribution in [0.4, 0.5) is 0 Å². The van der Waals surface area contributed by atoms with Gasteiger partial charge in [0.15, 0.2) is 0 Å². The topological polar surface area (TPSA) is 9.23 Å². The number of hydrogen-bond donors (Lipinski definition) is 0. The van der Waals surface area contributed by atoms with Crippen molar-refractivity contribution in [1.29, 1.82) is 0 Å². The van der Waals surface area contributed by atoms with E-state index in [2.05, 4.69) is 54.0 Å². The molecular weight excluding hydrogens is 263 g/mol. The third-order valence-electron chi connectivity index (χ3n) is 1.25. The molecule has 0 rings (SSSR count). The monoisotopic (exact) mass is 280 g/mol. The zero-order valence-electron chi connectivity index (χ0n) is 8.06. The molecule has 0 aromatic heterocycles. The predicted octanol–water partition coefficient (Wildman–Crippen LogP) is 3.70. The smallest absolute Gasteiger partial charge is 0.0694 e. The number of allylic oxidation sites excluding steroid dienone is 1. The number of hydrogen-bond acceptors (Lipinski definition) is 1. The fraction of sp³-hybridized carbons (Fsp3) is 0.600. The van der Waals surface area contributed by atoms with Crippen molar-refractivity contribution in [1.82, 2.24) is 0 Å². The molecule has 0 aromatic rings. The number of halogens is 1. The van der Waals surface area contributed by atoms with Crippen molar-refractivity contribution >= 4 is 22.6 Å². The van der Waals surface area contributed by atoms with Crippen LogP contribution in [0.2, 0.25) is 0 Å². The zero-order valence-corrected chi connectivity index (χ0v) is 10.2.